The maximum atomic E-state index is 13.1. The third-order valence-electron chi connectivity index (χ3n) is 8.07. The van der Waals surface area contributed by atoms with Gasteiger partial charge in [-0.25, -0.2) is 4.68 Å². The molecule has 0 unspecified atom stereocenters. The second-order valence-electron chi connectivity index (χ2n) is 10.7. The molecular formula is C27H34ClF3N4O3. The van der Waals surface area contributed by atoms with E-state index in [9.17, 15) is 18.0 Å². The number of hydrogen-bond acceptors (Lipinski definition) is 6. The van der Waals surface area contributed by atoms with Gasteiger partial charge in [0, 0.05) is 36.8 Å². The van der Waals surface area contributed by atoms with Crippen molar-refractivity contribution in [2.24, 2.45) is 11.8 Å². The Balaban J connectivity index is 1.21. The van der Waals surface area contributed by atoms with Gasteiger partial charge in [-0.1, -0.05) is 18.5 Å². The molecule has 1 aromatic carbocycles. The van der Waals surface area contributed by atoms with Crippen LogP contribution in [0.5, 0.6) is 5.75 Å². The molecule has 5 rings (SSSR count). The third-order valence-corrected chi connectivity index (χ3v) is 8.43. The van der Waals surface area contributed by atoms with E-state index in [2.05, 4.69) is 27.0 Å². The van der Waals surface area contributed by atoms with Gasteiger partial charge in [-0.05, 0) is 75.1 Å². The van der Waals surface area contributed by atoms with Gasteiger partial charge in [0.1, 0.15) is 10.8 Å². The number of halogens is 4. The Bertz CT molecular complexity index is 1150. The van der Waals surface area contributed by atoms with E-state index in [1.807, 2.05) is 0 Å². The molecule has 7 nitrogen and oxygen atoms in total. The SMILES string of the molecule is C[C@@H]1CCOC[C@@H]1CNc1cnn(C2CCC(N(c3ccc(OC(F)(F)F)cc3)C3CC3)CC2)c(=O)c1Cl. The molecule has 0 spiro atoms. The van der Waals surface area contributed by atoms with Crippen molar-refractivity contribution in [2.75, 3.05) is 30.0 Å². The van der Waals surface area contributed by atoms with Crippen LogP contribution in [0.1, 0.15) is 57.9 Å². The van der Waals surface area contributed by atoms with Gasteiger partial charge in [-0.15, -0.1) is 13.2 Å². The fraction of sp³-hybridized carbons (Fsp3) is 0.630. The molecule has 2 aliphatic carbocycles. The molecule has 1 saturated heterocycles. The molecule has 38 heavy (non-hydrogen) atoms. The lowest BCUT2D eigenvalue weighted by Gasteiger charge is -2.39. The molecule has 3 fully saturated rings. The summed E-state index contributed by atoms with van der Waals surface area (Å²) in [5.41, 5.74) is 1.17. The number of aromatic nitrogens is 2. The molecule has 0 bridgehead atoms. The Kier molecular flexibility index (Phi) is 8.09. The zero-order valence-corrected chi connectivity index (χ0v) is 22.2. The number of nitrogens with one attached hydrogen (secondary N) is 1. The molecule has 208 valence electrons. The summed E-state index contributed by atoms with van der Waals surface area (Å²) in [6.45, 7) is 4.38. The Morgan fingerprint density at radius 1 is 1.11 bits per heavy atom. The predicted molar refractivity (Wildman–Crippen MR) is 140 cm³/mol. The van der Waals surface area contributed by atoms with Gasteiger partial charge in [0.25, 0.3) is 5.56 Å². The van der Waals surface area contributed by atoms with Crippen LogP contribution in [0.2, 0.25) is 5.02 Å². The number of alkyl halides is 3. The summed E-state index contributed by atoms with van der Waals surface area (Å²) in [5.74, 6) is 0.683. The second kappa shape index (κ2) is 11.3. The van der Waals surface area contributed by atoms with Crippen LogP contribution in [-0.2, 0) is 4.74 Å². The summed E-state index contributed by atoms with van der Waals surface area (Å²) in [4.78, 5) is 15.4. The molecule has 3 aliphatic rings. The van der Waals surface area contributed by atoms with E-state index < -0.39 is 6.36 Å². The monoisotopic (exact) mass is 554 g/mol. The van der Waals surface area contributed by atoms with Crippen LogP contribution in [0.25, 0.3) is 0 Å². The number of rotatable bonds is 8. The van der Waals surface area contributed by atoms with Crippen molar-refractivity contribution >= 4 is 23.0 Å². The van der Waals surface area contributed by atoms with Crippen LogP contribution in [0.3, 0.4) is 0 Å². The van der Waals surface area contributed by atoms with Crippen molar-refractivity contribution in [1.29, 1.82) is 0 Å². The summed E-state index contributed by atoms with van der Waals surface area (Å²) >= 11 is 6.48. The van der Waals surface area contributed by atoms with E-state index in [-0.39, 0.29) is 28.4 Å². The number of ether oxygens (including phenoxy) is 2. The van der Waals surface area contributed by atoms with E-state index in [0.717, 1.165) is 57.2 Å². The number of hydrogen-bond donors (Lipinski definition) is 1. The number of nitrogens with zero attached hydrogens (tertiary/aromatic N) is 3. The van der Waals surface area contributed by atoms with Gasteiger partial charge in [-0.2, -0.15) is 5.10 Å². The van der Waals surface area contributed by atoms with Gasteiger partial charge >= 0.3 is 6.36 Å². The van der Waals surface area contributed by atoms with Crippen molar-refractivity contribution in [3.8, 4) is 5.75 Å². The summed E-state index contributed by atoms with van der Waals surface area (Å²) in [5, 5.41) is 7.92. The number of anilines is 2. The lowest BCUT2D eigenvalue weighted by molar-refractivity contribution is -0.274. The minimum atomic E-state index is -4.71. The fourth-order valence-electron chi connectivity index (χ4n) is 5.71. The van der Waals surface area contributed by atoms with Gasteiger partial charge in [0.05, 0.1) is 24.5 Å². The van der Waals surface area contributed by atoms with Gasteiger partial charge in [0.15, 0.2) is 0 Å². The van der Waals surface area contributed by atoms with E-state index >= 15 is 0 Å². The normalized spacial score (nSPS) is 26.1. The predicted octanol–water partition coefficient (Wildman–Crippen LogP) is 6.03. The first kappa shape index (κ1) is 27.1. The first-order valence-corrected chi connectivity index (χ1v) is 13.8. The van der Waals surface area contributed by atoms with E-state index in [1.54, 1.807) is 18.3 Å². The molecule has 2 saturated carbocycles. The minimum absolute atomic E-state index is 0.0410. The smallest absolute Gasteiger partial charge is 0.406 e. The summed E-state index contributed by atoms with van der Waals surface area (Å²) in [6, 6.07) is 6.73. The highest BCUT2D eigenvalue weighted by atomic mass is 35.5. The van der Waals surface area contributed by atoms with Crippen LogP contribution in [0.4, 0.5) is 24.5 Å². The molecule has 0 amide bonds. The van der Waals surface area contributed by atoms with Crippen LogP contribution in [-0.4, -0.2) is 48.0 Å². The minimum Gasteiger partial charge on any atom is -0.406 e. The maximum Gasteiger partial charge on any atom is 0.573 e. The van der Waals surface area contributed by atoms with E-state index in [4.69, 9.17) is 16.3 Å². The van der Waals surface area contributed by atoms with Crippen molar-refractivity contribution in [1.82, 2.24) is 9.78 Å². The molecule has 2 atom stereocenters. The zero-order valence-electron chi connectivity index (χ0n) is 21.4. The topological polar surface area (TPSA) is 68.6 Å². The largest absolute Gasteiger partial charge is 0.573 e. The molecule has 11 heteroatoms. The standard InChI is InChI=1S/C27H34ClF3N4O3/c1-17-12-13-37-16-18(17)14-32-24-15-33-35(26(36)25(24)28)22-6-4-20(5-7-22)34(19-2-3-19)21-8-10-23(11-9-21)38-27(29,30)31/h8-11,15,17-20,22,32H,2-7,12-14,16H2,1H3/t17-,18+,20?,22?/m1/s1. The van der Waals surface area contributed by atoms with Gasteiger partial charge < -0.3 is 19.7 Å². The van der Waals surface area contributed by atoms with Crippen LogP contribution in [0.15, 0.2) is 35.3 Å². The first-order valence-electron chi connectivity index (χ1n) is 13.4. The lowest BCUT2D eigenvalue weighted by atomic mass is 9.89. The Hall–Kier alpha value is -2.46. The molecular weight excluding hydrogens is 521 g/mol. The second-order valence-corrected chi connectivity index (χ2v) is 11.1. The summed E-state index contributed by atoms with van der Waals surface area (Å²) in [6.07, 6.45) is 3.36. The van der Waals surface area contributed by atoms with E-state index in [0.29, 0.717) is 36.7 Å². The molecule has 1 aromatic heterocycles. The highest BCUT2D eigenvalue weighted by Crippen LogP contribution is 2.40. The van der Waals surface area contributed by atoms with Crippen molar-refractivity contribution in [2.45, 2.75) is 76.4 Å². The molecule has 2 aromatic rings. The molecule has 1 N–H and O–H groups in total. The Morgan fingerprint density at radius 2 is 1.76 bits per heavy atom. The number of benzene rings is 1. The first-order chi connectivity index (χ1) is 18.2. The van der Waals surface area contributed by atoms with Crippen molar-refractivity contribution in [3.63, 3.8) is 0 Å². The average Bonchev–Trinajstić information content (AvgIpc) is 3.72. The molecule has 0 radical (unpaired) electrons. The highest BCUT2D eigenvalue weighted by molar-refractivity contribution is 6.32. The molecule has 2 heterocycles. The van der Waals surface area contributed by atoms with Crippen LogP contribution in [0, 0.1) is 11.8 Å². The van der Waals surface area contributed by atoms with Gasteiger partial charge in [-0.3, -0.25) is 4.79 Å². The van der Waals surface area contributed by atoms with E-state index in [1.165, 1.54) is 16.8 Å². The Labute approximate surface area is 225 Å². The summed E-state index contributed by atoms with van der Waals surface area (Å²) in [7, 11) is 0. The average molecular weight is 555 g/mol. The van der Waals surface area contributed by atoms with Gasteiger partial charge in [0.2, 0.25) is 0 Å². The zero-order chi connectivity index (χ0) is 26.9. The maximum absolute atomic E-state index is 13.1. The molecule has 1 aliphatic heterocycles. The quantitative estimate of drug-likeness (QED) is 0.429. The highest BCUT2D eigenvalue weighted by Gasteiger charge is 2.37. The van der Waals surface area contributed by atoms with Crippen molar-refractivity contribution < 1.29 is 22.6 Å². The fourth-order valence-corrected chi connectivity index (χ4v) is 5.91. The third kappa shape index (κ3) is 6.39. The van der Waals surface area contributed by atoms with Crippen LogP contribution >= 0.6 is 11.6 Å². The summed E-state index contributed by atoms with van der Waals surface area (Å²) < 4.78 is 48.7. The van der Waals surface area contributed by atoms with Crippen molar-refractivity contribution in [3.05, 3.63) is 45.8 Å². The lowest BCUT2D eigenvalue weighted by Crippen LogP contribution is -2.41. The Morgan fingerprint density at radius 3 is 2.37 bits per heavy atom. The van der Waals surface area contributed by atoms with Crippen LogP contribution < -0.4 is 20.5 Å².